The Kier molecular flexibility index (Phi) is 6.97. The first-order chi connectivity index (χ1) is 10.8. The third-order valence-corrected chi connectivity index (χ3v) is 5.34. The monoisotopic (exact) mass is 297 g/mol. The quantitative estimate of drug-likeness (QED) is 0.612. The van der Waals surface area contributed by atoms with Crippen molar-refractivity contribution in [2.45, 2.75) is 71.6 Å². The molecule has 0 heterocycles. The molecule has 0 N–H and O–H groups in total. The summed E-state index contributed by atoms with van der Waals surface area (Å²) in [6.45, 7) is 4.50. The maximum atomic E-state index is 9.60. The fraction of sp³-hybridized carbons (Fsp3) is 0.667. The van der Waals surface area contributed by atoms with Gasteiger partial charge in [0.25, 0.3) is 0 Å². The van der Waals surface area contributed by atoms with Crippen LogP contribution in [-0.4, -0.2) is 0 Å². The molecule has 2 rings (SSSR count). The van der Waals surface area contributed by atoms with Gasteiger partial charge in [0.1, 0.15) is 0 Å². The summed E-state index contributed by atoms with van der Waals surface area (Å²) in [5.74, 6) is 1.75. The van der Waals surface area contributed by atoms with Crippen LogP contribution in [-0.2, 0) is 12.8 Å². The molecule has 1 aliphatic carbocycles. The number of benzene rings is 1. The van der Waals surface area contributed by atoms with E-state index in [1.165, 1.54) is 56.1 Å². The van der Waals surface area contributed by atoms with E-state index in [4.69, 9.17) is 0 Å². The highest BCUT2D eigenvalue weighted by atomic mass is 14.4. The molecule has 0 aromatic heterocycles. The Morgan fingerprint density at radius 3 is 2.18 bits per heavy atom. The lowest BCUT2D eigenvalue weighted by Gasteiger charge is -2.31. The second kappa shape index (κ2) is 8.99. The Balaban J connectivity index is 1.88. The lowest BCUT2D eigenvalue weighted by Crippen LogP contribution is -2.22. The fourth-order valence-corrected chi connectivity index (χ4v) is 3.99. The lowest BCUT2D eigenvalue weighted by atomic mass is 9.73. The van der Waals surface area contributed by atoms with E-state index in [9.17, 15) is 5.26 Å². The number of hydrogen-bond donors (Lipinski definition) is 0. The van der Waals surface area contributed by atoms with E-state index in [1.807, 2.05) is 0 Å². The van der Waals surface area contributed by atoms with Crippen molar-refractivity contribution in [3.05, 3.63) is 35.4 Å². The standard InChI is InChI=1S/C21H31N/c1-3-5-17-7-9-19(10-8-17)15-21(16-22)20-13-11-18(6-4-2)12-14-20/h7-10,18,20-21H,3-6,11-15H2,1-2H3/t18-,20-,21?. The molecule has 0 spiro atoms. The van der Waals surface area contributed by atoms with Crippen molar-refractivity contribution in [3.63, 3.8) is 0 Å². The molecule has 1 heteroatoms. The summed E-state index contributed by atoms with van der Waals surface area (Å²) in [7, 11) is 0. The molecule has 0 bridgehead atoms. The van der Waals surface area contributed by atoms with Crippen molar-refractivity contribution in [2.75, 3.05) is 0 Å². The summed E-state index contributed by atoms with van der Waals surface area (Å²) in [5, 5.41) is 9.60. The second-order valence-electron chi connectivity index (χ2n) is 7.08. The molecular formula is C21H31N. The molecule has 1 fully saturated rings. The van der Waals surface area contributed by atoms with Crippen LogP contribution in [0.25, 0.3) is 0 Å². The Morgan fingerprint density at radius 2 is 1.64 bits per heavy atom. The smallest absolute Gasteiger partial charge is 0.0662 e. The van der Waals surface area contributed by atoms with Crippen molar-refractivity contribution >= 4 is 0 Å². The zero-order valence-corrected chi connectivity index (χ0v) is 14.4. The van der Waals surface area contributed by atoms with Gasteiger partial charge in [0, 0.05) is 0 Å². The van der Waals surface area contributed by atoms with Crippen molar-refractivity contribution in [2.24, 2.45) is 17.8 Å². The molecule has 1 atom stereocenters. The molecule has 0 amide bonds. The van der Waals surface area contributed by atoms with Crippen LogP contribution in [0.2, 0.25) is 0 Å². The zero-order chi connectivity index (χ0) is 15.8. The van der Waals surface area contributed by atoms with E-state index in [1.54, 1.807) is 0 Å². The topological polar surface area (TPSA) is 23.8 Å². The highest BCUT2D eigenvalue weighted by molar-refractivity contribution is 5.23. The van der Waals surface area contributed by atoms with E-state index in [2.05, 4.69) is 44.2 Å². The maximum absolute atomic E-state index is 9.60. The van der Waals surface area contributed by atoms with Gasteiger partial charge in [-0.3, -0.25) is 0 Å². The van der Waals surface area contributed by atoms with E-state index < -0.39 is 0 Å². The molecule has 0 radical (unpaired) electrons. The molecule has 0 saturated heterocycles. The number of rotatable bonds is 7. The van der Waals surface area contributed by atoms with Gasteiger partial charge in [-0.1, -0.05) is 70.2 Å². The van der Waals surface area contributed by atoms with Gasteiger partial charge < -0.3 is 0 Å². The molecule has 22 heavy (non-hydrogen) atoms. The van der Waals surface area contributed by atoms with Crippen molar-refractivity contribution in [1.29, 1.82) is 5.26 Å². The third kappa shape index (κ3) is 4.87. The molecule has 1 saturated carbocycles. The fourth-order valence-electron chi connectivity index (χ4n) is 3.99. The van der Waals surface area contributed by atoms with Crippen LogP contribution in [0.15, 0.2) is 24.3 Å². The van der Waals surface area contributed by atoms with Gasteiger partial charge in [-0.15, -0.1) is 0 Å². The molecule has 1 nitrogen and oxygen atoms in total. The predicted octanol–water partition coefficient (Wildman–Crippen LogP) is 5.93. The minimum absolute atomic E-state index is 0.208. The van der Waals surface area contributed by atoms with E-state index in [0.29, 0.717) is 5.92 Å². The van der Waals surface area contributed by atoms with Crippen LogP contribution in [0, 0.1) is 29.1 Å². The Hall–Kier alpha value is -1.29. The highest BCUT2D eigenvalue weighted by Crippen LogP contribution is 2.36. The molecule has 1 aromatic rings. The first-order valence-corrected chi connectivity index (χ1v) is 9.24. The summed E-state index contributed by atoms with van der Waals surface area (Å²) < 4.78 is 0. The molecule has 0 aliphatic heterocycles. The number of aryl methyl sites for hydroxylation is 1. The summed E-state index contributed by atoms with van der Waals surface area (Å²) in [6.07, 6.45) is 11.2. The Bertz CT molecular complexity index is 460. The van der Waals surface area contributed by atoms with Gasteiger partial charge in [0.15, 0.2) is 0 Å². The van der Waals surface area contributed by atoms with Gasteiger partial charge in [0.05, 0.1) is 12.0 Å². The van der Waals surface area contributed by atoms with Crippen LogP contribution in [0.5, 0.6) is 0 Å². The molecule has 1 aromatic carbocycles. The van der Waals surface area contributed by atoms with E-state index >= 15 is 0 Å². The third-order valence-electron chi connectivity index (χ3n) is 5.34. The van der Waals surface area contributed by atoms with Crippen LogP contribution >= 0.6 is 0 Å². The van der Waals surface area contributed by atoms with Gasteiger partial charge in [0.2, 0.25) is 0 Å². The summed E-state index contributed by atoms with van der Waals surface area (Å²) in [6, 6.07) is 11.6. The normalized spacial score (nSPS) is 23.0. The van der Waals surface area contributed by atoms with E-state index in [0.717, 1.165) is 18.8 Å². The average molecular weight is 297 g/mol. The van der Waals surface area contributed by atoms with Crippen molar-refractivity contribution < 1.29 is 0 Å². The zero-order valence-electron chi connectivity index (χ0n) is 14.4. The Labute approximate surface area is 136 Å². The SMILES string of the molecule is CCCc1ccc(CC(C#N)[C@H]2CC[C@H](CCC)CC2)cc1. The lowest BCUT2D eigenvalue weighted by molar-refractivity contribution is 0.223. The van der Waals surface area contributed by atoms with Gasteiger partial charge in [-0.2, -0.15) is 5.26 Å². The number of hydrogen-bond acceptors (Lipinski definition) is 1. The second-order valence-corrected chi connectivity index (χ2v) is 7.08. The van der Waals surface area contributed by atoms with Crippen molar-refractivity contribution in [3.8, 4) is 6.07 Å². The maximum Gasteiger partial charge on any atom is 0.0662 e. The largest absolute Gasteiger partial charge is 0.198 e. The van der Waals surface area contributed by atoms with Gasteiger partial charge in [-0.25, -0.2) is 0 Å². The minimum Gasteiger partial charge on any atom is -0.198 e. The minimum atomic E-state index is 0.208. The first kappa shape index (κ1) is 17.1. The number of nitriles is 1. The Morgan fingerprint density at radius 1 is 1.00 bits per heavy atom. The highest BCUT2D eigenvalue weighted by Gasteiger charge is 2.27. The average Bonchev–Trinajstić information content (AvgIpc) is 2.56. The van der Waals surface area contributed by atoms with E-state index in [-0.39, 0.29) is 5.92 Å². The molecule has 1 aliphatic rings. The van der Waals surface area contributed by atoms with Gasteiger partial charge in [-0.05, 0) is 48.6 Å². The first-order valence-electron chi connectivity index (χ1n) is 9.24. The van der Waals surface area contributed by atoms with Crippen LogP contribution in [0.3, 0.4) is 0 Å². The van der Waals surface area contributed by atoms with Crippen LogP contribution in [0.1, 0.15) is 69.9 Å². The number of nitrogens with zero attached hydrogens (tertiary/aromatic N) is 1. The predicted molar refractivity (Wildman–Crippen MR) is 93.6 cm³/mol. The summed E-state index contributed by atoms with van der Waals surface area (Å²) in [5.41, 5.74) is 2.75. The van der Waals surface area contributed by atoms with Crippen LogP contribution < -0.4 is 0 Å². The van der Waals surface area contributed by atoms with Gasteiger partial charge >= 0.3 is 0 Å². The molecule has 120 valence electrons. The molecule has 1 unspecified atom stereocenters. The summed E-state index contributed by atoms with van der Waals surface area (Å²) >= 11 is 0. The van der Waals surface area contributed by atoms with Crippen molar-refractivity contribution in [1.82, 2.24) is 0 Å². The van der Waals surface area contributed by atoms with Crippen LogP contribution in [0.4, 0.5) is 0 Å². The summed E-state index contributed by atoms with van der Waals surface area (Å²) in [4.78, 5) is 0. The molecular weight excluding hydrogens is 266 g/mol.